The molecule has 30 heavy (non-hydrogen) atoms. The highest BCUT2D eigenvalue weighted by atomic mass is 16.2. The maximum atomic E-state index is 12.9. The van der Waals surface area contributed by atoms with E-state index in [-0.39, 0.29) is 11.5 Å². The van der Waals surface area contributed by atoms with Crippen LogP contribution in [0.2, 0.25) is 0 Å². The Morgan fingerprint density at radius 1 is 0.900 bits per heavy atom. The molecule has 7 nitrogen and oxygen atoms in total. The summed E-state index contributed by atoms with van der Waals surface area (Å²) in [7, 11) is 3.93. The number of nitrogens with zero attached hydrogens (tertiary/aromatic N) is 5. The number of carbonyl (C=O) groups excluding carboxylic acids is 1. The molecule has 0 spiro atoms. The Kier molecular flexibility index (Phi) is 5.52. The summed E-state index contributed by atoms with van der Waals surface area (Å²) < 4.78 is 1.42. The Balaban J connectivity index is 1.47. The van der Waals surface area contributed by atoms with Crippen molar-refractivity contribution >= 4 is 17.4 Å². The number of rotatable bonds is 4. The standard InChI is InChI=1S/C23H25N5O2/c1-25(2)20-10-6-7-18(17-20)23(30)27-15-13-26(14-16-27)21-11-12-22(29)28(24-21)19-8-4-3-5-9-19/h3-12,17H,13-16H2,1-2H3. The molecule has 4 rings (SSSR count). The maximum absolute atomic E-state index is 12.9. The molecular formula is C23H25N5O2. The van der Waals surface area contributed by atoms with Crippen molar-refractivity contribution in [2.24, 2.45) is 0 Å². The molecule has 0 N–H and O–H groups in total. The quantitative estimate of drug-likeness (QED) is 0.669. The van der Waals surface area contributed by atoms with Gasteiger partial charge < -0.3 is 14.7 Å². The monoisotopic (exact) mass is 403 g/mol. The minimum Gasteiger partial charge on any atom is -0.378 e. The van der Waals surface area contributed by atoms with E-state index in [0.29, 0.717) is 31.7 Å². The van der Waals surface area contributed by atoms with E-state index < -0.39 is 0 Å². The van der Waals surface area contributed by atoms with Gasteiger partial charge in [-0.3, -0.25) is 9.59 Å². The Morgan fingerprint density at radius 3 is 2.33 bits per heavy atom. The number of para-hydroxylation sites is 1. The van der Waals surface area contributed by atoms with E-state index in [4.69, 9.17) is 0 Å². The molecule has 0 saturated carbocycles. The average molecular weight is 403 g/mol. The summed E-state index contributed by atoms with van der Waals surface area (Å²) in [5, 5.41) is 4.55. The fraction of sp³-hybridized carbons (Fsp3) is 0.261. The van der Waals surface area contributed by atoms with Gasteiger partial charge in [0, 0.05) is 57.6 Å². The normalized spacial score (nSPS) is 13.9. The summed E-state index contributed by atoms with van der Waals surface area (Å²) in [6, 6.07) is 20.4. The molecule has 0 atom stereocenters. The van der Waals surface area contributed by atoms with Crippen molar-refractivity contribution in [3.63, 3.8) is 0 Å². The van der Waals surface area contributed by atoms with Crippen LogP contribution in [0.25, 0.3) is 5.69 Å². The summed E-state index contributed by atoms with van der Waals surface area (Å²) in [5.74, 6) is 0.778. The molecule has 2 aromatic carbocycles. The maximum Gasteiger partial charge on any atom is 0.271 e. The Labute approximate surface area is 175 Å². The molecule has 1 saturated heterocycles. The van der Waals surface area contributed by atoms with Gasteiger partial charge in [0.05, 0.1) is 5.69 Å². The molecule has 1 aliphatic heterocycles. The number of piperazine rings is 1. The fourth-order valence-corrected chi connectivity index (χ4v) is 3.56. The number of aromatic nitrogens is 2. The van der Waals surface area contributed by atoms with E-state index in [2.05, 4.69) is 10.00 Å². The van der Waals surface area contributed by atoms with Crippen LogP contribution in [-0.4, -0.2) is 60.9 Å². The molecule has 2 heterocycles. The molecule has 0 radical (unpaired) electrons. The van der Waals surface area contributed by atoms with Crippen molar-refractivity contribution in [2.45, 2.75) is 0 Å². The first-order valence-electron chi connectivity index (χ1n) is 10.0. The van der Waals surface area contributed by atoms with Crippen LogP contribution >= 0.6 is 0 Å². The molecular weight excluding hydrogens is 378 g/mol. The van der Waals surface area contributed by atoms with Crippen LogP contribution < -0.4 is 15.4 Å². The minimum absolute atomic E-state index is 0.0422. The third-order valence-electron chi connectivity index (χ3n) is 5.29. The number of hydrogen-bond acceptors (Lipinski definition) is 5. The van der Waals surface area contributed by atoms with Gasteiger partial charge in [-0.2, -0.15) is 4.68 Å². The first-order valence-corrected chi connectivity index (χ1v) is 10.0. The van der Waals surface area contributed by atoms with Crippen LogP contribution in [0.15, 0.2) is 71.5 Å². The van der Waals surface area contributed by atoms with E-state index in [1.165, 1.54) is 4.68 Å². The first kappa shape index (κ1) is 19.7. The summed E-state index contributed by atoms with van der Waals surface area (Å²) in [5.41, 5.74) is 2.27. The van der Waals surface area contributed by atoms with Crippen LogP contribution in [0.4, 0.5) is 11.5 Å². The zero-order chi connectivity index (χ0) is 21.1. The molecule has 1 amide bonds. The Hall–Kier alpha value is -3.61. The molecule has 0 unspecified atom stereocenters. The molecule has 7 heteroatoms. The predicted octanol–water partition coefficient (Wildman–Crippen LogP) is 2.26. The lowest BCUT2D eigenvalue weighted by Gasteiger charge is -2.35. The van der Waals surface area contributed by atoms with E-state index in [9.17, 15) is 9.59 Å². The first-order chi connectivity index (χ1) is 14.5. The van der Waals surface area contributed by atoms with E-state index in [1.807, 2.05) is 78.5 Å². The van der Waals surface area contributed by atoms with Gasteiger partial charge in [-0.25, -0.2) is 0 Å². The number of benzene rings is 2. The summed E-state index contributed by atoms with van der Waals surface area (Å²) >= 11 is 0. The van der Waals surface area contributed by atoms with Gasteiger partial charge >= 0.3 is 0 Å². The molecule has 1 aromatic heterocycles. The van der Waals surface area contributed by atoms with E-state index >= 15 is 0 Å². The third kappa shape index (κ3) is 4.05. The minimum atomic E-state index is -0.167. The van der Waals surface area contributed by atoms with Crippen LogP contribution in [-0.2, 0) is 0 Å². The molecule has 3 aromatic rings. The molecule has 0 aliphatic carbocycles. The highest BCUT2D eigenvalue weighted by Crippen LogP contribution is 2.18. The van der Waals surface area contributed by atoms with Gasteiger partial charge in [0.1, 0.15) is 5.82 Å². The van der Waals surface area contributed by atoms with Crippen LogP contribution in [0.1, 0.15) is 10.4 Å². The number of amides is 1. The van der Waals surface area contributed by atoms with Crippen LogP contribution in [0.3, 0.4) is 0 Å². The summed E-state index contributed by atoms with van der Waals surface area (Å²) in [6.07, 6.45) is 0. The van der Waals surface area contributed by atoms with Crippen molar-refractivity contribution in [1.82, 2.24) is 14.7 Å². The molecule has 1 fully saturated rings. The Morgan fingerprint density at radius 2 is 1.63 bits per heavy atom. The van der Waals surface area contributed by atoms with Gasteiger partial charge in [-0.15, -0.1) is 5.10 Å². The van der Waals surface area contributed by atoms with Gasteiger partial charge in [0.15, 0.2) is 0 Å². The molecule has 1 aliphatic rings. The molecule has 0 bridgehead atoms. The van der Waals surface area contributed by atoms with Crippen molar-refractivity contribution < 1.29 is 4.79 Å². The van der Waals surface area contributed by atoms with Crippen LogP contribution in [0, 0.1) is 0 Å². The lowest BCUT2D eigenvalue weighted by Crippen LogP contribution is -2.49. The summed E-state index contributed by atoms with van der Waals surface area (Å²) in [6.45, 7) is 2.55. The van der Waals surface area contributed by atoms with Gasteiger partial charge in [0.2, 0.25) is 0 Å². The van der Waals surface area contributed by atoms with Gasteiger partial charge in [0.25, 0.3) is 11.5 Å². The second-order valence-electron chi connectivity index (χ2n) is 7.50. The topological polar surface area (TPSA) is 61.7 Å². The van der Waals surface area contributed by atoms with E-state index in [1.54, 1.807) is 12.1 Å². The SMILES string of the molecule is CN(C)c1cccc(C(=O)N2CCN(c3ccc(=O)n(-c4ccccc4)n3)CC2)c1. The summed E-state index contributed by atoms with van der Waals surface area (Å²) in [4.78, 5) is 31.2. The second-order valence-corrected chi connectivity index (χ2v) is 7.50. The predicted molar refractivity (Wildman–Crippen MR) is 119 cm³/mol. The second kappa shape index (κ2) is 8.41. The van der Waals surface area contributed by atoms with Crippen LogP contribution in [0.5, 0.6) is 0 Å². The van der Waals surface area contributed by atoms with Crippen molar-refractivity contribution in [2.75, 3.05) is 50.1 Å². The van der Waals surface area contributed by atoms with Gasteiger partial charge in [-0.05, 0) is 36.4 Å². The number of carbonyl (C=O) groups is 1. The zero-order valence-corrected chi connectivity index (χ0v) is 17.2. The smallest absolute Gasteiger partial charge is 0.271 e. The third-order valence-corrected chi connectivity index (χ3v) is 5.29. The van der Waals surface area contributed by atoms with E-state index in [0.717, 1.165) is 17.2 Å². The lowest BCUT2D eigenvalue weighted by molar-refractivity contribution is 0.0746. The molecule has 154 valence electrons. The fourth-order valence-electron chi connectivity index (χ4n) is 3.56. The van der Waals surface area contributed by atoms with Crippen molar-refractivity contribution in [3.05, 3.63) is 82.6 Å². The highest BCUT2D eigenvalue weighted by molar-refractivity contribution is 5.95. The number of anilines is 2. The highest BCUT2D eigenvalue weighted by Gasteiger charge is 2.23. The lowest BCUT2D eigenvalue weighted by atomic mass is 10.1. The Bertz CT molecular complexity index is 1090. The van der Waals surface area contributed by atoms with Crippen molar-refractivity contribution in [1.29, 1.82) is 0 Å². The average Bonchev–Trinajstić information content (AvgIpc) is 2.80. The number of hydrogen-bond donors (Lipinski definition) is 0. The zero-order valence-electron chi connectivity index (χ0n) is 17.2. The van der Waals surface area contributed by atoms with Crippen molar-refractivity contribution in [3.8, 4) is 5.69 Å². The largest absolute Gasteiger partial charge is 0.378 e. The van der Waals surface area contributed by atoms with Gasteiger partial charge in [-0.1, -0.05) is 24.3 Å².